The van der Waals surface area contributed by atoms with E-state index in [0.29, 0.717) is 20.5 Å². The number of morpholine rings is 1. The first-order chi connectivity index (χ1) is 13.0. The number of thiophene rings is 1. The van der Waals surface area contributed by atoms with E-state index in [1.165, 1.54) is 17.0 Å². The third-order valence-corrected chi connectivity index (χ3v) is 6.93. The molecule has 0 spiro atoms. The van der Waals surface area contributed by atoms with Crippen molar-refractivity contribution in [3.05, 3.63) is 56.5 Å². The first kappa shape index (κ1) is 19.0. The second kappa shape index (κ2) is 7.94. The molecule has 142 valence electrons. The van der Waals surface area contributed by atoms with Gasteiger partial charge in [-0.15, -0.1) is 11.3 Å². The topological polar surface area (TPSA) is 34.5 Å². The van der Waals surface area contributed by atoms with Gasteiger partial charge in [0.15, 0.2) is 0 Å². The van der Waals surface area contributed by atoms with Crippen LogP contribution in [0.25, 0.3) is 10.2 Å². The molecular formula is C20H20Cl2N2O2S. The quantitative estimate of drug-likeness (QED) is 0.549. The van der Waals surface area contributed by atoms with Crippen molar-refractivity contribution in [3.8, 4) is 0 Å². The van der Waals surface area contributed by atoms with E-state index in [4.69, 9.17) is 27.9 Å². The first-order valence-corrected chi connectivity index (χ1v) is 10.5. The first-order valence-electron chi connectivity index (χ1n) is 8.93. The van der Waals surface area contributed by atoms with Gasteiger partial charge in [0.05, 0.1) is 28.1 Å². The number of nitrogens with zero attached hydrogens (tertiary/aromatic N) is 2. The fourth-order valence-electron chi connectivity index (χ4n) is 3.44. The normalized spacial score (nSPS) is 15.5. The molecule has 3 aromatic rings. The van der Waals surface area contributed by atoms with E-state index in [1.807, 2.05) is 6.07 Å². The summed E-state index contributed by atoms with van der Waals surface area (Å²) in [5, 5.41) is 1.81. The van der Waals surface area contributed by atoms with Crippen molar-refractivity contribution in [1.29, 1.82) is 0 Å². The van der Waals surface area contributed by atoms with Crippen LogP contribution in [0.3, 0.4) is 0 Å². The summed E-state index contributed by atoms with van der Waals surface area (Å²) in [5.41, 5.74) is 1.66. The number of fused-ring (bicyclic) bond motifs is 1. The Morgan fingerprint density at radius 1 is 1.19 bits per heavy atom. The summed E-state index contributed by atoms with van der Waals surface area (Å²) in [6.07, 6.45) is 0. The van der Waals surface area contributed by atoms with Crippen LogP contribution in [0.2, 0.25) is 10.0 Å². The zero-order valence-corrected chi connectivity index (χ0v) is 17.3. The zero-order valence-electron chi connectivity index (χ0n) is 15.0. The van der Waals surface area contributed by atoms with Crippen LogP contribution in [-0.4, -0.2) is 48.1 Å². The number of rotatable bonds is 5. The van der Waals surface area contributed by atoms with Crippen LogP contribution in [0.4, 0.5) is 0 Å². The van der Waals surface area contributed by atoms with Gasteiger partial charge < -0.3 is 9.30 Å². The van der Waals surface area contributed by atoms with Gasteiger partial charge in [0.25, 0.3) is 0 Å². The summed E-state index contributed by atoms with van der Waals surface area (Å²) in [4.78, 5) is 17.2. The summed E-state index contributed by atoms with van der Waals surface area (Å²) in [5.74, 6) is -0.0823. The lowest BCUT2D eigenvalue weighted by Crippen LogP contribution is -2.38. The molecule has 1 aliphatic heterocycles. The largest absolute Gasteiger partial charge is 0.379 e. The lowest BCUT2D eigenvalue weighted by Gasteiger charge is -2.26. The number of hydrogen-bond acceptors (Lipinski definition) is 4. The van der Waals surface area contributed by atoms with E-state index >= 15 is 0 Å². The smallest absolute Gasteiger partial charge is 0.204 e. The van der Waals surface area contributed by atoms with Gasteiger partial charge in [0.1, 0.15) is 4.83 Å². The molecule has 27 heavy (non-hydrogen) atoms. The molecule has 0 aliphatic carbocycles. The van der Waals surface area contributed by atoms with E-state index in [1.54, 1.807) is 18.2 Å². The monoisotopic (exact) mass is 422 g/mol. The molecule has 0 bridgehead atoms. The third-order valence-electron chi connectivity index (χ3n) is 4.94. The van der Waals surface area contributed by atoms with Gasteiger partial charge >= 0.3 is 0 Å². The zero-order chi connectivity index (χ0) is 19.0. The number of ketones is 1. The Morgan fingerprint density at radius 2 is 1.96 bits per heavy atom. The molecule has 0 saturated carbocycles. The second-order valence-electron chi connectivity index (χ2n) is 6.69. The maximum Gasteiger partial charge on any atom is 0.204 e. The summed E-state index contributed by atoms with van der Waals surface area (Å²) in [7, 11) is 0. The van der Waals surface area contributed by atoms with E-state index in [-0.39, 0.29) is 5.78 Å². The molecule has 1 fully saturated rings. The minimum atomic E-state index is -0.0823. The molecule has 0 unspecified atom stereocenters. The van der Waals surface area contributed by atoms with E-state index < -0.39 is 0 Å². The standard InChI is InChI=1S/C20H20Cl2N2O2S/c1-13-11-14-12-17(19(25)15-3-2-4-16(21)18(15)22)27-20(14)24(13)6-5-23-7-9-26-10-8-23/h2-4,11-12H,5-10H2,1H3. The molecule has 0 atom stereocenters. The van der Waals surface area contributed by atoms with Crippen LogP contribution < -0.4 is 0 Å². The fraction of sp³-hybridized carbons (Fsp3) is 0.350. The van der Waals surface area contributed by atoms with E-state index in [0.717, 1.165) is 49.6 Å². The van der Waals surface area contributed by atoms with Gasteiger partial charge in [-0.1, -0.05) is 29.3 Å². The molecule has 0 radical (unpaired) electrons. The molecule has 4 rings (SSSR count). The maximum atomic E-state index is 12.9. The molecular weight excluding hydrogens is 403 g/mol. The number of halogens is 2. The van der Waals surface area contributed by atoms with Gasteiger partial charge in [0, 0.05) is 42.8 Å². The van der Waals surface area contributed by atoms with Gasteiger partial charge in [-0.05, 0) is 31.2 Å². The highest BCUT2D eigenvalue weighted by molar-refractivity contribution is 7.20. The Balaban J connectivity index is 1.60. The lowest BCUT2D eigenvalue weighted by molar-refractivity contribution is 0.0365. The van der Waals surface area contributed by atoms with Crippen molar-refractivity contribution in [3.63, 3.8) is 0 Å². The summed E-state index contributed by atoms with van der Waals surface area (Å²) < 4.78 is 7.71. The molecule has 0 N–H and O–H groups in total. The van der Waals surface area contributed by atoms with Crippen molar-refractivity contribution < 1.29 is 9.53 Å². The minimum Gasteiger partial charge on any atom is -0.379 e. The number of hydrogen-bond donors (Lipinski definition) is 0. The Hall–Kier alpha value is -1.37. The molecule has 1 aromatic carbocycles. The van der Waals surface area contributed by atoms with Crippen LogP contribution in [0.5, 0.6) is 0 Å². The molecule has 2 aromatic heterocycles. The SMILES string of the molecule is Cc1cc2cc(C(=O)c3cccc(Cl)c3Cl)sc2n1CCN1CCOCC1. The molecule has 0 amide bonds. The highest BCUT2D eigenvalue weighted by Gasteiger charge is 2.20. The average Bonchev–Trinajstić information content (AvgIpc) is 3.20. The molecule has 3 heterocycles. The number of benzene rings is 1. The number of aromatic nitrogens is 1. The second-order valence-corrected chi connectivity index (χ2v) is 8.51. The number of ether oxygens (including phenoxy) is 1. The van der Waals surface area contributed by atoms with Crippen molar-refractivity contribution in [2.75, 3.05) is 32.8 Å². The Morgan fingerprint density at radius 3 is 2.74 bits per heavy atom. The van der Waals surface area contributed by atoms with Crippen LogP contribution in [-0.2, 0) is 11.3 Å². The van der Waals surface area contributed by atoms with Gasteiger partial charge in [-0.25, -0.2) is 0 Å². The number of carbonyl (C=O) groups is 1. The fourth-order valence-corrected chi connectivity index (χ4v) is 5.01. The van der Waals surface area contributed by atoms with Crippen LogP contribution in [0, 0.1) is 6.92 Å². The number of carbonyl (C=O) groups excluding carboxylic acids is 1. The van der Waals surface area contributed by atoms with Gasteiger partial charge in [-0.2, -0.15) is 0 Å². The Kier molecular flexibility index (Phi) is 5.58. The minimum absolute atomic E-state index is 0.0823. The van der Waals surface area contributed by atoms with Crippen molar-refractivity contribution in [1.82, 2.24) is 9.47 Å². The van der Waals surface area contributed by atoms with Crippen LogP contribution >= 0.6 is 34.5 Å². The molecule has 4 nitrogen and oxygen atoms in total. The molecule has 1 saturated heterocycles. The predicted octanol–water partition coefficient (Wildman–Crippen LogP) is 4.88. The van der Waals surface area contributed by atoms with Crippen molar-refractivity contribution in [2.45, 2.75) is 13.5 Å². The van der Waals surface area contributed by atoms with Crippen molar-refractivity contribution >= 4 is 50.5 Å². The predicted molar refractivity (Wildman–Crippen MR) is 112 cm³/mol. The molecule has 7 heteroatoms. The highest BCUT2D eigenvalue weighted by Crippen LogP contribution is 2.33. The third kappa shape index (κ3) is 3.80. The summed E-state index contributed by atoms with van der Waals surface area (Å²) in [6.45, 7) is 7.56. The average molecular weight is 423 g/mol. The Labute approximate surface area is 172 Å². The lowest BCUT2D eigenvalue weighted by atomic mass is 10.1. The maximum absolute atomic E-state index is 12.9. The van der Waals surface area contributed by atoms with E-state index in [9.17, 15) is 4.79 Å². The summed E-state index contributed by atoms with van der Waals surface area (Å²) >= 11 is 13.8. The van der Waals surface area contributed by atoms with E-state index in [2.05, 4.69) is 22.5 Å². The molecule has 1 aliphatic rings. The van der Waals surface area contributed by atoms with Gasteiger partial charge in [0.2, 0.25) is 5.78 Å². The van der Waals surface area contributed by atoms with Gasteiger partial charge in [-0.3, -0.25) is 9.69 Å². The van der Waals surface area contributed by atoms with Crippen LogP contribution in [0.15, 0.2) is 30.3 Å². The van der Waals surface area contributed by atoms with Crippen molar-refractivity contribution in [2.24, 2.45) is 0 Å². The number of aryl methyl sites for hydroxylation is 1. The van der Waals surface area contributed by atoms with Crippen LogP contribution in [0.1, 0.15) is 20.9 Å². The summed E-state index contributed by atoms with van der Waals surface area (Å²) in [6, 6.07) is 9.26. The highest BCUT2D eigenvalue weighted by atomic mass is 35.5. The Bertz CT molecular complexity index is 989.